The lowest BCUT2D eigenvalue weighted by atomic mass is 10.1. The van der Waals surface area contributed by atoms with Crippen molar-refractivity contribution in [1.82, 2.24) is 25.8 Å². The van der Waals surface area contributed by atoms with Gasteiger partial charge in [-0.1, -0.05) is 72.8 Å². The quantitative estimate of drug-likeness (QED) is 0.210. The van der Waals surface area contributed by atoms with Crippen LogP contribution in [0.2, 0.25) is 0 Å². The first-order valence-corrected chi connectivity index (χ1v) is 17.6. The number of carbonyl (C=O) groups is 5. The van der Waals surface area contributed by atoms with E-state index in [1.807, 2.05) is 60.7 Å². The fraction of sp³-hybridized carbons (Fsp3) is 0.293. The Morgan fingerprint density at radius 1 is 0.796 bits per heavy atom. The van der Waals surface area contributed by atoms with Crippen LogP contribution in [-0.2, 0) is 32.1 Å². The summed E-state index contributed by atoms with van der Waals surface area (Å²) in [4.78, 5) is 71.0. The van der Waals surface area contributed by atoms with E-state index in [1.165, 1.54) is 16.8 Å². The standard InChI is InChI=1S/C41H45N5O8/c1-45-26-37(47)43-31(23-29-11-5-3-6-12-29)28-54-36-16-10-9-15-34(36)40(50)44-35(41(51)42-21-22-53-33-19-17-32(52-2)18-20-33)24-38(48)46(27-39(45)49)25-30-13-7-4-8-14-30/h3-20,31,35H,21-28H2,1-2H3,(H,42,51)(H,43,47)(H,44,50)/t31-,35+/m1/s1. The van der Waals surface area contributed by atoms with Crippen molar-refractivity contribution >= 4 is 29.5 Å². The van der Waals surface area contributed by atoms with Gasteiger partial charge in [-0.3, -0.25) is 24.0 Å². The summed E-state index contributed by atoms with van der Waals surface area (Å²) in [6.45, 7) is -0.386. The van der Waals surface area contributed by atoms with Crippen LogP contribution < -0.4 is 30.2 Å². The van der Waals surface area contributed by atoms with Crippen molar-refractivity contribution in [2.75, 3.05) is 47.0 Å². The van der Waals surface area contributed by atoms with Crippen LogP contribution in [0.4, 0.5) is 0 Å². The molecule has 0 saturated carbocycles. The largest absolute Gasteiger partial charge is 0.497 e. The van der Waals surface area contributed by atoms with Crippen LogP contribution in [0.5, 0.6) is 17.2 Å². The number of hydrogen-bond donors (Lipinski definition) is 3. The Morgan fingerprint density at radius 3 is 2.15 bits per heavy atom. The fourth-order valence-electron chi connectivity index (χ4n) is 5.80. The average Bonchev–Trinajstić information content (AvgIpc) is 3.18. The number of nitrogens with zero attached hydrogens (tertiary/aromatic N) is 2. The smallest absolute Gasteiger partial charge is 0.255 e. The first-order chi connectivity index (χ1) is 26.2. The number of fused-ring (bicyclic) bond motifs is 1. The number of methoxy groups -OCH3 is 1. The SMILES string of the molecule is COc1ccc(OCCNC(=O)[C@@H]2CC(=O)N(Cc3ccccc3)CC(=O)N(C)CC(=O)N[C@H](Cc3ccccc3)COc3ccccc3C(=O)N2)cc1. The van der Waals surface area contributed by atoms with E-state index in [4.69, 9.17) is 14.2 Å². The summed E-state index contributed by atoms with van der Waals surface area (Å²) < 4.78 is 17.1. The van der Waals surface area contributed by atoms with Crippen molar-refractivity contribution in [3.05, 3.63) is 126 Å². The van der Waals surface area contributed by atoms with Crippen LogP contribution in [0, 0.1) is 0 Å². The molecule has 4 aromatic carbocycles. The molecule has 4 aromatic rings. The number of benzene rings is 4. The molecule has 0 saturated heterocycles. The molecule has 0 fully saturated rings. The lowest BCUT2D eigenvalue weighted by molar-refractivity contribution is -0.142. The second kappa shape index (κ2) is 19.5. The normalized spacial score (nSPS) is 17.3. The molecule has 0 radical (unpaired) electrons. The molecular formula is C41H45N5O8. The number of carbonyl (C=O) groups excluding carboxylic acids is 5. The molecule has 0 aromatic heterocycles. The molecule has 0 spiro atoms. The Morgan fingerprint density at radius 2 is 1.44 bits per heavy atom. The van der Waals surface area contributed by atoms with Crippen molar-refractivity contribution in [3.63, 3.8) is 0 Å². The molecule has 0 unspecified atom stereocenters. The zero-order chi connectivity index (χ0) is 38.3. The highest BCUT2D eigenvalue weighted by atomic mass is 16.5. The van der Waals surface area contributed by atoms with Crippen LogP contribution in [0.3, 0.4) is 0 Å². The Balaban J connectivity index is 1.40. The van der Waals surface area contributed by atoms with E-state index in [9.17, 15) is 24.0 Å². The molecule has 1 aliphatic heterocycles. The molecule has 0 bridgehead atoms. The third kappa shape index (κ3) is 11.6. The first kappa shape index (κ1) is 38.9. The Labute approximate surface area is 314 Å². The second-order valence-corrected chi connectivity index (χ2v) is 12.8. The molecule has 3 N–H and O–H groups in total. The van der Waals surface area contributed by atoms with Gasteiger partial charge < -0.3 is 40.0 Å². The van der Waals surface area contributed by atoms with Gasteiger partial charge in [0.1, 0.15) is 43.0 Å². The zero-order valence-electron chi connectivity index (χ0n) is 30.4. The van der Waals surface area contributed by atoms with Gasteiger partial charge in [0.2, 0.25) is 23.6 Å². The molecular weight excluding hydrogens is 690 g/mol. The number of ether oxygens (including phenoxy) is 3. The molecule has 5 rings (SSSR count). The minimum atomic E-state index is -1.32. The maximum Gasteiger partial charge on any atom is 0.255 e. The summed E-state index contributed by atoms with van der Waals surface area (Å²) in [5.41, 5.74) is 1.84. The Kier molecular flexibility index (Phi) is 14.0. The number of likely N-dealkylation sites (N-methyl/N-ethyl adjacent to an activating group) is 1. The number of amides is 5. The van der Waals surface area contributed by atoms with Gasteiger partial charge in [-0.15, -0.1) is 0 Å². The highest BCUT2D eigenvalue weighted by Crippen LogP contribution is 2.20. The first-order valence-electron chi connectivity index (χ1n) is 17.6. The van der Waals surface area contributed by atoms with Crippen LogP contribution >= 0.6 is 0 Å². The highest BCUT2D eigenvalue weighted by molar-refractivity contribution is 6.01. The van der Waals surface area contributed by atoms with E-state index in [2.05, 4.69) is 16.0 Å². The van der Waals surface area contributed by atoms with Crippen LogP contribution in [0.1, 0.15) is 27.9 Å². The Bertz CT molecular complexity index is 1870. The van der Waals surface area contributed by atoms with E-state index in [1.54, 1.807) is 55.6 Å². The van der Waals surface area contributed by atoms with Gasteiger partial charge in [0.25, 0.3) is 5.91 Å². The van der Waals surface area contributed by atoms with Gasteiger partial charge in [-0.2, -0.15) is 0 Å². The summed E-state index contributed by atoms with van der Waals surface area (Å²) in [7, 11) is 3.06. The minimum Gasteiger partial charge on any atom is -0.497 e. The van der Waals surface area contributed by atoms with Crippen molar-refractivity contribution in [2.24, 2.45) is 0 Å². The van der Waals surface area contributed by atoms with E-state index >= 15 is 0 Å². The van der Waals surface area contributed by atoms with Gasteiger partial charge in [0.15, 0.2) is 0 Å². The van der Waals surface area contributed by atoms with E-state index in [0.29, 0.717) is 17.9 Å². The molecule has 1 heterocycles. The topological polar surface area (TPSA) is 156 Å². The monoisotopic (exact) mass is 735 g/mol. The van der Waals surface area contributed by atoms with Gasteiger partial charge >= 0.3 is 0 Å². The molecule has 13 nitrogen and oxygen atoms in total. The summed E-state index contributed by atoms with van der Waals surface area (Å²) in [5.74, 6) is -1.26. The summed E-state index contributed by atoms with van der Waals surface area (Å²) in [6.07, 6.45) is -0.0359. The van der Waals surface area contributed by atoms with Gasteiger partial charge in [-0.05, 0) is 53.9 Å². The van der Waals surface area contributed by atoms with Crippen molar-refractivity contribution in [3.8, 4) is 17.2 Å². The van der Waals surface area contributed by atoms with Crippen LogP contribution in [0.15, 0.2) is 109 Å². The van der Waals surface area contributed by atoms with E-state index < -0.39 is 48.0 Å². The maximum absolute atomic E-state index is 14.0. The lowest BCUT2D eigenvalue weighted by Gasteiger charge is -2.27. The second-order valence-electron chi connectivity index (χ2n) is 12.8. The number of hydrogen-bond acceptors (Lipinski definition) is 8. The highest BCUT2D eigenvalue weighted by Gasteiger charge is 2.30. The summed E-state index contributed by atoms with van der Waals surface area (Å²) in [5, 5.41) is 8.46. The van der Waals surface area contributed by atoms with Gasteiger partial charge in [0, 0.05) is 13.6 Å². The van der Waals surface area contributed by atoms with E-state index in [0.717, 1.165) is 11.1 Å². The summed E-state index contributed by atoms with van der Waals surface area (Å²) in [6, 6.07) is 30.3. The van der Waals surface area contributed by atoms with Crippen molar-refractivity contribution in [1.29, 1.82) is 0 Å². The van der Waals surface area contributed by atoms with Crippen molar-refractivity contribution in [2.45, 2.75) is 31.5 Å². The molecule has 54 heavy (non-hydrogen) atoms. The third-order valence-electron chi connectivity index (χ3n) is 8.69. The number of nitrogens with one attached hydrogen (secondary N) is 3. The Hall–Kier alpha value is -6.37. The minimum absolute atomic E-state index is 0.00401. The zero-order valence-corrected chi connectivity index (χ0v) is 30.4. The molecule has 5 amide bonds. The average molecular weight is 736 g/mol. The maximum atomic E-state index is 14.0. The predicted octanol–water partition coefficient (Wildman–Crippen LogP) is 2.99. The fourth-order valence-corrected chi connectivity index (χ4v) is 5.80. The van der Waals surface area contributed by atoms with Crippen molar-refractivity contribution < 1.29 is 38.2 Å². The van der Waals surface area contributed by atoms with Gasteiger partial charge in [-0.25, -0.2) is 0 Å². The lowest BCUT2D eigenvalue weighted by Crippen LogP contribution is -2.51. The number of rotatable bonds is 10. The molecule has 1 aliphatic rings. The third-order valence-corrected chi connectivity index (χ3v) is 8.69. The molecule has 13 heteroatoms. The summed E-state index contributed by atoms with van der Waals surface area (Å²) >= 11 is 0. The van der Waals surface area contributed by atoms with E-state index in [-0.39, 0.29) is 50.7 Å². The van der Waals surface area contributed by atoms with Gasteiger partial charge in [0.05, 0.1) is 38.2 Å². The van der Waals surface area contributed by atoms with Crippen LogP contribution in [0.25, 0.3) is 0 Å². The molecule has 282 valence electrons. The molecule has 0 aliphatic carbocycles. The number of para-hydroxylation sites is 1. The molecule has 2 atom stereocenters. The predicted molar refractivity (Wildman–Crippen MR) is 201 cm³/mol. The van der Waals surface area contributed by atoms with Crippen LogP contribution in [-0.4, -0.2) is 98.4 Å².